The number of hydrogen-bond donors (Lipinski definition) is 1. The molecule has 0 aliphatic carbocycles. The van der Waals surface area contributed by atoms with Gasteiger partial charge in [-0.25, -0.2) is 4.79 Å². The van der Waals surface area contributed by atoms with E-state index in [9.17, 15) is 14.4 Å². The monoisotopic (exact) mass is 351 g/mol. The lowest BCUT2D eigenvalue weighted by molar-refractivity contribution is 0.0640. The number of benzene rings is 1. The molecule has 1 aromatic heterocycles. The van der Waals surface area contributed by atoms with E-state index in [4.69, 9.17) is 5.11 Å². The maximum absolute atomic E-state index is 12.5. The van der Waals surface area contributed by atoms with E-state index in [2.05, 4.69) is 4.98 Å². The average molecular weight is 351 g/mol. The molecule has 1 N–H and O–H groups in total. The summed E-state index contributed by atoms with van der Waals surface area (Å²) in [5, 5.41) is 9.10. The summed E-state index contributed by atoms with van der Waals surface area (Å²) in [6, 6.07) is 10.5. The van der Waals surface area contributed by atoms with Crippen LogP contribution in [0.4, 0.5) is 4.79 Å². The number of likely N-dealkylation sites (tertiary alicyclic amines) is 1. The number of carbonyl (C=O) groups is 3. The first kappa shape index (κ1) is 16.3. The van der Waals surface area contributed by atoms with Crippen LogP contribution in [0.25, 0.3) is 0 Å². The zero-order valence-corrected chi connectivity index (χ0v) is 14.0. The first-order valence-electron chi connectivity index (χ1n) is 8.42. The molecule has 1 saturated heterocycles. The quantitative estimate of drug-likeness (QED) is 0.857. The Hall–Kier alpha value is -3.22. The van der Waals surface area contributed by atoms with Gasteiger partial charge in [0.15, 0.2) is 0 Å². The summed E-state index contributed by atoms with van der Waals surface area (Å²) in [7, 11) is 0. The Bertz CT molecular complexity index is 876. The number of carboxylic acid groups (broad SMARTS) is 1. The average Bonchev–Trinajstić information content (AvgIpc) is 3.23. The van der Waals surface area contributed by atoms with E-state index in [1.54, 1.807) is 30.5 Å². The van der Waals surface area contributed by atoms with Crippen LogP contribution in [-0.4, -0.2) is 50.9 Å². The molecular weight excluding hydrogens is 334 g/mol. The molecule has 1 fully saturated rings. The molecule has 1 unspecified atom stereocenters. The van der Waals surface area contributed by atoms with E-state index < -0.39 is 6.09 Å². The van der Waals surface area contributed by atoms with E-state index in [-0.39, 0.29) is 24.3 Å². The molecule has 2 aromatic rings. The van der Waals surface area contributed by atoms with Gasteiger partial charge in [-0.2, -0.15) is 0 Å². The molecule has 1 aromatic carbocycles. The van der Waals surface area contributed by atoms with Crippen LogP contribution in [0.1, 0.15) is 44.3 Å². The molecule has 26 heavy (non-hydrogen) atoms. The van der Waals surface area contributed by atoms with Crippen molar-refractivity contribution >= 4 is 17.9 Å². The number of nitrogens with zero attached hydrogens (tertiary/aromatic N) is 3. The third-order valence-corrected chi connectivity index (χ3v) is 4.97. The maximum atomic E-state index is 12.5. The van der Waals surface area contributed by atoms with Gasteiger partial charge in [-0.3, -0.25) is 19.5 Å². The molecule has 132 valence electrons. The van der Waals surface area contributed by atoms with Gasteiger partial charge in [-0.1, -0.05) is 12.1 Å². The highest BCUT2D eigenvalue weighted by Gasteiger charge is 2.35. The number of amides is 3. The summed E-state index contributed by atoms with van der Waals surface area (Å²) in [6.45, 7) is 1.07. The van der Waals surface area contributed by atoms with Crippen molar-refractivity contribution in [2.75, 3.05) is 13.1 Å². The number of aromatic nitrogens is 1. The van der Waals surface area contributed by atoms with Crippen LogP contribution in [0.15, 0.2) is 42.6 Å². The first-order chi connectivity index (χ1) is 12.5. The molecule has 7 nitrogen and oxygen atoms in total. The van der Waals surface area contributed by atoms with Crippen molar-refractivity contribution in [3.63, 3.8) is 0 Å². The minimum atomic E-state index is -0.909. The van der Waals surface area contributed by atoms with Gasteiger partial charge < -0.3 is 10.0 Å². The van der Waals surface area contributed by atoms with Crippen LogP contribution in [0.2, 0.25) is 0 Å². The van der Waals surface area contributed by atoms with Gasteiger partial charge in [0, 0.05) is 25.2 Å². The van der Waals surface area contributed by atoms with Crippen molar-refractivity contribution in [3.8, 4) is 0 Å². The summed E-state index contributed by atoms with van der Waals surface area (Å²) in [5.41, 5.74) is 2.43. The van der Waals surface area contributed by atoms with Gasteiger partial charge in [-0.05, 0) is 36.2 Å². The highest BCUT2D eigenvalue weighted by molar-refractivity contribution is 6.21. The Labute approximate surface area is 149 Å². The van der Waals surface area contributed by atoms with Crippen LogP contribution in [0.5, 0.6) is 0 Å². The molecule has 7 heteroatoms. The smallest absolute Gasteiger partial charge is 0.407 e. The molecule has 2 aliphatic rings. The second kappa shape index (κ2) is 6.25. The molecule has 4 rings (SSSR count). The van der Waals surface area contributed by atoms with Gasteiger partial charge >= 0.3 is 6.09 Å². The van der Waals surface area contributed by atoms with Gasteiger partial charge in [0.25, 0.3) is 11.8 Å². The number of rotatable bonds is 3. The third kappa shape index (κ3) is 2.71. The highest BCUT2D eigenvalue weighted by Crippen LogP contribution is 2.28. The number of hydrogen-bond acceptors (Lipinski definition) is 4. The van der Waals surface area contributed by atoms with Crippen LogP contribution in [0, 0.1) is 0 Å². The standard InChI is InChI=1S/C19H17N3O4/c23-17-15-3-1-2-4-16(15)18(24)22(17)11-14-9-12(5-7-20-14)13-6-8-21(10-13)19(25)26/h1-5,7,9,13H,6,8,10-11H2,(H,25,26). The Morgan fingerprint density at radius 1 is 1.15 bits per heavy atom. The van der Waals surface area contributed by atoms with Crippen LogP contribution >= 0.6 is 0 Å². The van der Waals surface area contributed by atoms with Crippen molar-refractivity contribution < 1.29 is 19.5 Å². The molecule has 0 bridgehead atoms. The second-order valence-corrected chi connectivity index (χ2v) is 6.54. The molecule has 0 spiro atoms. The maximum Gasteiger partial charge on any atom is 0.407 e. The van der Waals surface area contributed by atoms with E-state index in [0.29, 0.717) is 29.9 Å². The van der Waals surface area contributed by atoms with Crippen molar-refractivity contribution in [1.29, 1.82) is 0 Å². The zero-order valence-electron chi connectivity index (χ0n) is 14.0. The van der Waals surface area contributed by atoms with Gasteiger partial charge in [0.2, 0.25) is 0 Å². The molecule has 2 aliphatic heterocycles. The van der Waals surface area contributed by atoms with Crippen LogP contribution in [-0.2, 0) is 6.54 Å². The predicted molar refractivity (Wildman–Crippen MR) is 91.8 cm³/mol. The van der Waals surface area contributed by atoms with Crippen molar-refractivity contribution in [2.45, 2.75) is 18.9 Å². The third-order valence-electron chi connectivity index (χ3n) is 4.97. The lowest BCUT2D eigenvalue weighted by atomic mass is 9.99. The summed E-state index contributed by atoms with van der Waals surface area (Å²) in [6.07, 6.45) is 1.49. The molecule has 0 radical (unpaired) electrons. The lowest BCUT2D eigenvalue weighted by Crippen LogP contribution is -2.29. The second-order valence-electron chi connectivity index (χ2n) is 6.54. The number of fused-ring (bicyclic) bond motifs is 1. The van der Waals surface area contributed by atoms with Crippen LogP contribution in [0.3, 0.4) is 0 Å². The fraction of sp³-hybridized carbons (Fsp3) is 0.263. The highest BCUT2D eigenvalue weighted by atomic mass is 16.4. The van der Waals surface area contributed by atoms with E-state index >= 15 is 0 Å². The fourth-order valence-electron chi connectivity index (χ4n) is 3.59. The van der Waals surface area contributed by atoms with E-state index in [0.717, 1.165) is 12.0 Å². The summed E-state index contributed by atoms with van der Waals surface area (Å²) in [4.78, 5) is 42.9. The van der Waals surface area contributed by atoms with E-state index in [1.165, 1.54) is 9.80 Å². The summed E-state index contributed by atoms with van der Waals surface area (Å²) >= 11 is 0. The molecule has 1 atom stereocenters. The number of carbonyl (C=O) groups excluding carboxylic acids is 2. The number of imide groups is 1. The van der Waals surface area contributed by atoms with Crippen molar-refractivity contribution in [2.24, 2.45) is 0 Å². The van der Waals surface area contributed by atoms with Crippen molar-refractivity contribution in [1.82, 2.24) is 14.8 Å². The number of pyridine rings is 1. The van der Waals surface area contributed by atoms with Gasteiger partial charge in [0.1, 0.15) is 0 Å². The first-order valence-corrected chi connectivity index (χ1v) is 8.42. The topological polar surface area (TPSA) is 90.8 Å². The Morgan fingerprint density at radius 3 is 2.46 bits per heavy atom. The van der Waals surface area contributed by atoms with Gasteiger partial charge in [-0.15, -0.1) is 0 Å². The minimum Gasteiger partial charge on any atom is -0.465 e. The molecule has 3 heterocycles. The molecule has 3 amide bonds. The fourth-order valence-corrected chi connectivity index (χ4v) is 3.59. The summed E-state index contributed by atoms with van der Waals surface area (Å²) < 4.78 is 0. The normalized spacial score (nSPS) is 19.2. The van der Waals surface area contributed by atoms with E-state index in [1.807, 2.05) is 12.1 Å². The Morgan fingerprint density at radius 2 is 1.85 bits per heavy atom. The Balaban J connectivity index is 1.53. The molecule has 0 saturated carbocycles. The summed E-state index contributed by atoms with van der Waals surface area (Å²) in [5.74, 6) is -0.513. The SMILES string of the molecule is O=C(O)N1CCC(c2ccnc(CN3C(=O)c4ccccc4C3=O)c2)C1. The molecular formula is C19H17N3O4. The lowest BCUT2D eigenvalue weighted by Gasteiger charge is -2.16. The predicted octanol–water partition coefficient (Wildman–Crippen LogP) is 2.35. The minimum absolute atomic E-state index is 0.107. The van der Waals surface area contributed by atoms with Crippen LogP contribution < -0.4 is 0 Å². The van der Waals surface area contributed by atoms with Gasteiger partial charge in [0.05, 0.1) is 23.4 Å². The van der Waals surface area contributed by atoms with Crippen molar-refractivity contribution in [3.05, 3.63) is 65.0 Å². The zero-order chi connectivity index (χ0) is 18.3. The largest absolute Gasteiger partial charge is 0.465 e. The Kier molecular flexibility index (Phi) is 3.91.